The fourth-order valence-corrected chi connectivity index (χ4v) is 3.94. The van der Waals surface area contributed by atoms with Crippen molar-refractivity contribution in [1.29, 1.82) is 0 Å². The van der Waals surface area contributed by atoms with E-state index in [1.807, 2.05) is 29.5 Å². The van der Waals surface area contributed by atoms with Crippen molar-refractivity contribution in [1.82, 2.24) is 14.7 Å². The molecule has 0 saturated carbocycles. The molecule has 1 aliphatic heterocycles. The molecule has 1 aromatic carbocycles. The number of urea groups is 1. The molecule has 1 aromatic heterocycles. The molecule has 0 radical (unpaired) electrons. The molecule has 1 atom stereocenters. The van der Waals surface area contributed by atoms with Gasteiger partial charge in [0.25, 0.3) is 0 Å². The molecule has 1 aliphatic carbocycles. The van der Waals surface area contributed by atoms with Gasteiger partial charge in [0.1, 0.15) is 11.4 Å². The Hall–Kier alpha value is -2.34. The number of rotatable bonds is 2. The number of anilines is 1. The van der Waals surface area contributed by atoms with Gasteiger partial charge in [0.2, 0.25) is 0 Å². The molecule has 1 unspecified atom stereocenters. The molecule has 6 nitrogen and oxygen atoms in total. The Balaban J connectivity index is 1.52. The summed E-state index contributed by atoms with van der Waals surface area (Å²) in [6.45, 7) is 5.84. The van der Waals surface area contributed by atoms with Crippen LogP contribution in [0.15, 0.2) is 36.5 Å². The monoisotopic (exact) mass is 340 g/mol. The standard InChI is InChI=1S/C19H24N4O2/c1-14(2)23-17(8-10-20-23)21-18(24)22-11-12-25-19(13-22)9-7-15-5-3-4-6-16(15)19/h3-6,8,10,14H,7,9,11-13H2,1-2H3,(H,21,24). The van der Waals surface area contributed by atoms with E-state index in [0.29, 0.717) is 19.7 Å². The number of aryl methyl sites for hydroxylation is 1. The van der Waals surface area contributed by atoms with Crippen LogP contribution in [-0.2, 0) is 16.8 Å². The van der Waals surface area contributed by atoms with Gasteiger partial charge in [-0.2, -0.15) is 5.10 Å². The zero-order valence-electron chi connectivity index (χ0n) is 14.7. The third-order valence-corrected chi connectivity index (χ3v) is 5.17. The van der Waals surface area contributed by atoms with E-state index in [-0.39, 0.29) is 17.7 Å². The van der Waals surface area contributed by atoms with Crippen LogP contribution < -0.4 is 5.32 Å². The number of nitrogens with zero attached hydrogens (tertiary/aromatic N) is 3. The molecule has 2 aromatic rings. The lowest BCUT2D eigenvalue weighted by atomic mass is 9.94. The van der Waals surface area contributed by atoms with Gasteiger partial charge in [0.15, 0.2) is 0 Å². The molecule has 0 bridgehead atoms. The first-order valence-electron chi connectivity index (χ1n) is 8.91. The van der Waals surface area contributed by atoms with E-state index in [9.17, 15) is 4.79 Å². The van der Waals surface area contributed by atoms with E-state index in [2.05, 4.69) is 34.7 Å². The summed E-state index contributed by atoms with van der Waals surface area (Å²) in [5.74, 6) is 0.729. The van der Waals surface area contributed by atoms with Crippen molar-refractivity contribution in [2.24, 2.45) is 0 Å². The first-order chi connectivity index (χ1) is 12.1. The second-order valence-corrected chi connectivity index (χ2v) is 7.11. The van der Waals surface area contributed by atoms with Crippen LogP contribution >= 0.6 is 0 Å². The molecule has 1 spiro atoms. The molecule has 2 aliphatic rings. The maximum absolute atomic E-state index is 12.8. The number of ether oxygens (including phenoxy) is 1. The summed E-state index contributed by atoms with van der Waals surface area (Å²) in [7, 11) is 0. The number of morpholine rings is 1. The fourth-order valence-electron chi connectivity index (χ4n) is 3.94. The maximum atomic E-state index is 12.8. The summed E-state index contributed by atoms with van der Waals surface area (Å²) in [5.41, 5.74) is 2.21. The quantitative estimate of drug-likeness (QED) is 0.913. The first kappa shape index (κ1) is 16.1. The fraction of sp³-hybridized carbons (Fsp3) is 0.474. The summed E-state index contributed by atoms with van der Waals surface area (Å²) < 4.78 is 8.01. The number of carbonyl (C=O) groups excluding carboxylic acids is 1. The molecule has 1 saturated heterocycles. The van der Waals surface area contributed by atoms with E-state index >= 15 is 0 Å². The lowest BCUT2D eigenvalue weighted by Crippen LogP contribution is -2.52. The largest absolute Gasteiger partial charge is 0.367 e. The third kappa shape index (κ3) is 2.80. The van der Waals surface area contributed by atoms with Crippen LogP contribution in [0.25, 0.3) is 0 Å². The minimum atomic E-state index is -0.357. The van der Waals surface area contributed by atoms with Crippen LogP contribution in [0.4, 0.5) is 10.6 Å². The molecule has 132 valence electrons. The Bertz CT molecular complexity index is 781. The van der Waals surface area contributed by atoms with Gasteiger partial charge in [0.05, 0.1) is 19.3 Å². The highest BCUT2D eigenvalue weighted by molar-refractivity contribution is 5.88. The topological polar surface area (TPSA) is 59.4 Å². The van der Waals surface area contributed by atoms with Crippen LogP contribution in [0, 0.1) is 0 Å². The van der Waals surface area contributed by atoms with E-state index in [4.69, 9.17) is 4.74 Å². The van der Waals surface area contributed by atoms with Gasteiger partial charge in [-0.25, -0.2) is 9.48 Å². The van der Waals surface area contributed by atoms with E-state index in [1.54, 1.807) is 6.20 Å². The van der Waals surface area contributed by atoms with E-state index < -0.39 is 0 Å². The lowest BCUT2D eigenvalue weighted by molar-refractivity contribution is -0.100. The van der Waals surface area contributed by atoms with Crippen molar-refractivity contribution in [2.75, 3.05) is 25.0 Å². The van der Waals surface area contributed by atoms with Crippen molar-refractivity contribution in [2.45, 2.75) is 38.3 Å². The Kier molecular flexibility index (Phi) is 4.00. The molecule has 2 heterocycles. The smallest absolute Gasteiger partial charge is 0.323 e. The minimum Gasteiger partial charge on any atom is -0.367 e. The summed E-state index contributed by atoms with van der Waals surface area (Å²) >= 11 is 0. The second-order valence-electron chi connectivity index (χ2n) is 7.11. The summed E-state index contributed by atoms with van der Waals surface area (Å²) in [5, 5.41) is 7.28. The lowest BCUT2D eigenvalue weighted by Gasteiger charge is -2.41. The predicted octanol–water partition coefficient (Wildman–Crippen LogP) is 3.17. The van der Waals surface area contributed by atoms with Crippen LogP contribution in [0.3, 0.4) is 0 Å². The van der Waals surface area contributed by atoms with Crippen molar-refractivity contribution in [3.63, 3.8) is 0 Å². The zero-order chi connectivity index (χ0) is 17.4. The van der Waals surface area contributed by atoms with Gasteiger partial charge in [-0.15, -0.1) is 0 Å². The number of carbonyl (C=O) groups is 1. The average Bonchev–Trinajstić information content (AvgIpc) is 3.21. The molecular weight excluding hydrogens is 316 g/mol. The van der Waals surface area contributed by atoms with Gasteiger partial charge in [-0.3, -0.25) is 5.32 Å². The van der Waals surface area contributed by atoms with Gasteiger partial charge >= 0.3 is 6.03 Å². The molecule has 25 heavy (non-hydrogen) atoms. The Morgan fingerprint density at radius 1 is 1.32 bits per heavy atom. The zero-order valence-corrected chi connectivity index (χ0v) is 14.7. The van der Waals surface area contributed by atoms with Crippen LogP contribution in [0.1, 0.15) is 37.4 Å². The second kappa shape index (κ2) is 6.19. The minimum absolute atomic E-state index is 0.0885. The van der Waals surface area contributed by atoms with Gasteiger partial charge in [0, 0.05) is 18.7 Å². The van der Waals surface area contributed by atoms with E-state index in [0.717, 1.165) is 18.7 Å². The summed E-state index contributed by atoms with van der Waals surface area (Å²) in [6, 6.07) is 10.4. The van der Waals surface area contributed by atoms with Crippen LogP contribution in [-0.4, -0.2) is 40.4 Å². The molecule has 2 amide bonds. The highest BCUT2D eigenvalue weighted by atomic mass is 16.5. The Labute approximate surface area is 147 Å². The van der Waals surface area contributed by atoms with Crippen molar-refractivity contribution in [3.05, 3.63) is 47.7 Å². The van der Waals surface area contributed by atoms with Crippen LogP contribution in [0.5, 0.6) is 0 Å². The van der Waals surface area contributed by atoms with Crippen LogP contribution in [0.2, 0.25) is 0 Å². The number of hydrogen-bond acceptors (Lipinski definition) is 3. The van der Waals surface area contributed by atoms with Crippen molar-refractivity contribution < 1.29 is 9.53 Å². The molecular formula is C19H24N4O2. The Morgan fingerprint density at radius 2 is 2.16 bits per heavy atom. The molecule has 1 N–H and O–H groups in total. The number of aromatic nitrogens is 2. The average molecular weight is 340 g/mol. The summed E-state index contributed by atoms with van der Waals surface area (Å²) in [4.78, 5) is 14.7. The van der Waals surface area contributed by atoms with Gasteiger partial charge in [-0.05, 0) is 37.8 Å². The highest BCUT2D eigenvalue weighted by Crippen LogP contribution is 2.42. The van der Waals surface area contributed by atoms with E-state index in [1.165, 1.54) is 11.1 Å². The molecule has 6 heteroatoms. The number of hydrogen-bond donors (Lipinski definition) is 1. The maximum Gasteiger partial charge on any atom is 0.323 e. The normalized spacial score (nSPS) is 22.4. The number of benzene rings is 1. The van der Waals surface area contributed by atoms with Gasteiger partial charge < -0.3 is 9.64 Å². The highest BCUT2D eigenvalue weighted by Gasteiger charge is 2.44. The van der Waals surface area contributed by atoms with Gasteiger partial charge in [-0.1, -0.05) is 24.3 Å². The number of fused-ring (bicyclic) bond motifs is 2. The number of amides is 2. The molecule has 4 rings (SSSR count). The summed E-state index contributed by atoms with van der Waals surface area (Å²) in [6.07, 6.45) is 3.65. The predicted molar refractivity (Wildman–Crippen MR) is 95.6 cm³/mol. The SMILES string of the molecule is CC(C)n1nccc1NC(=O)N1CCOC2(CCc3ccccc32)C1. The third-order valence-electron chi connectivity index (χ3n) is 5.17. The first-order valence-corrected chi connectivity index (χ1v) is 8.91. The van der Waals surface area contributed by atoms with Crippen molar-refractivity contribution >= 4 is 11.8 Å². The van der Waals surface area contributed by atoms with Crippen molar-refractivity contribution in [3.8, 4) is 0 Å². The number of nitrogens with one attached hydrogen (secondary N) is 1. The Morgan fingerprint density at radius 3 is 3.00 bits per heavy atom. The molecule has 1 fully saturated rings.